The molecule has 0 amide bonds. The van der Waals surface area contributed by atoms with E-state index in [0.717, 1.165) is 6.42 Å². The van der Waals surface area contributed by atoms with Crippen LogP contribution in [0.3, 0.4) is 0 Å². The molecule has 0 saturated carbocycles. The predicted molar refractivity (Wildman–Crippen MR) is 78.9 cm³/mol. The molecule has 0 aliphatic carbocycles. The van der Waals surface area contributed by atoms with Crippen molar-refractivity contribution in [3.63, 3.8) is 0 Å². The average Bonchev–Trinajstić information content (AvgIpc) is 2.42. The monoisotopic (exact) mass is 239 g/mol. The van der Waals surface area contributed by atoms with Gasteiger partial charge in [-0.25, -0.2) is 0 Å². The van der Waals surface area contributed by atoms with E-state index in [9.17, 15) is 0 Å². The molecule has 0 fully saturated rings. The SMILES string of the molecule is CCCC(Nc1ccccc1C)c1ccccc1. The van der Waals surface area contributed by atoms with Gasteiger partial charge in [-0.3, -0.25) is 0 Å². The fraction of sp³-hybridized carbons (Fsp3) is 0.294. The van der Waals surface area contributed by atoms with Crippen molar-refractivity contribution in [3.8, 4) is 0 Å². The molecule has 0 bridgehead atoms. The number of hydrogen-bond donors (Lipinski definition) is 1. The van der Waals surface area contributed by atoms with Crippen LogP contribution in [-0.4, -0.2) is 0 Å². The minimum Gasteiger partial charge on any atom is -0.378 e. The molecule has 0 heterocycles. The van der Waals surface area contributed by atoms with Gasteiger partial charge in [0.25, 0.3) is 0 Å². The van der Waals surface area contributed by atoms with Crippen LogP contribution in [0.5, 0.6) is 0 Å². The van der Waals surface area contributed by atoms with Gasteiger partial charge in [0, 0.05) is 5.69 Å². The van der Waals surface area contributed by atoms with Crippen LogP contribution in [0.1, 0.15) is 36.9 Å². The molecule has 2 aromatic carbocycles. The molecule has 1 nitrogen and oxygen atoms in total. The maximum atomic E-state index is 3.66. The van der Waals surface area contributed by atoms with Crippen molar-refractivity contribution in [2.24, 2.45) is 0 Å². The summed E-state index contributed by atoms with van der Waals surface area (Å²) in [5, 5.41) is 3.66. The normalized spacial score (nSPS) is 12.1. The maximum Gasteiger partial charge on any atom is 0.0513 e. The second kappa shape index (κ2) is 6.25. The molecule has 1 unspecified atom stereocenters. The molecule has 0 radical (unpaired) electrons. The van der Waals surface area contributed by atoms with Gasteiger partial charge >= 0.3 is 0 Å². The number of benzene rings is 2. The van der Waals surface area contributed by atoms with Gasteiger partial charge in [0.1, 0.15) is 0 Å². The Morgan fingerprint density at radius 1 is 0.944 bits per heavy atom. The predicted octanol–water partition coefficient (Wildman–Crippen LogP) is 4.95. The lowest BCUT2D eigenvalue weighted by Gasteiger charge is -2.21. The quantitative estimate of drug-likeness (QED) is 0.778. The molecule has 1 heteroatoms. The number of rotatable bonds is 5. The number of aryl methyl sites for hydroxylation is 1. The fourth-order valence-electron chi connectivity index (χ4n) is 2.22. The standard InChI is InChI=1S/C17H21N/c1-3-9-17(15-11-5-4-6-12-15)18-16-13-8-7-10-14(16)2/h4-8,10-13,17-18H,3,9H2,1-2H3. The molecule has 1 N–H and O–H groups in total. The summed E-state index contributed by atoms with van der Waals surface area (Å²) >= 11 is 0. The molecule has 0 aliphatic rings. The first kappa shape index (κ1) is 12.7. The second-order valence-corrected chi connectivity index (χ2v) is 4.71. The topological polar surface area (TPSA) is 12.0 Å². The first-order valence-corrected chi connectivity index (χ1v) is 6.68. The van der Waals surface area contributed by atoms with Crippen molar-refractivity contribution >= 4 is 5.69 Å². The molecule has 0 saturated heterocycles. The van der Waals surface area contributed by atoms with Gasteiger partial charge in [-0.05, 0) is 30.5 Å². The summed E-state index contributed by atoms with van der Waals surface area (Å²) in [5.74, 6) is 0. The number of hydrogen-bond acceptors (Lipinski definition) is 1. The van der Waals surface area contributed by atoms with E-state index in [0.29, 0.717) is 6.04 Å². The lowest BCUT2D eigenvalue weighted by atomic mass is 10.0. The lowest BCUT2D eigenvalue weighted by molar-refractivity contribution is 0.677. The molecule has 18 heavy (non-hydrogen) atoms. The van der Waals surface area contributed by atoms with Crippen LogP contribution >= 0.6 is 0 Å². The summed E-state index contributed by atoms with van der Waals surface area (Å²) < 4.78 is 0. The van der Waals surface area contributed by atoms with Crippen molar-refractivity contribution in [1.82, 2.24) is 0 Å². The van der Waals surface area contributed by atoms with Gasteiger partial charge in [0.15, 0.2) is 0 Å². The third-order valence-corrected chi connectivity index (χ3v) is 3.25. The van der Waals surface area contributed by atoms with Crippen LogP contribution in [0.4, 0.5) is 5.69 Å². The summed E-state index contributed by atoms with van der Waals surface area (Å²) in [7, 11) is 0. The molecule has 2 rings (SSSR count). The number of anilines is 1. The van der Waals surface area contributed by atoms with Crippen molar-refractivity contribution in [3.05, 3.63) is 65.7 Å². The molecule has 0 spiro atoms. The van der Waals surface area contributed by atoms with E-state index in [4.69, 9.17) is 0 Å². The van der Waals surface area contributed by atoms with Crippen LogP contribution in [-0.2, 0) is 0 Å². The number of para-hydroxylation sites is 1. The van der Waals surface area contributed by atoms with Gasteiger partial charge in [-0.15, -0.1) is 0 Å². The van der Waals surface area contributed by atoms with Gasteiger partial charge in [-0.2, -0.15) is 0 Å². The Morgan fingerprint density at radius 3 is 2.28 bits per heavy atom. The first-order valence-electron chi connectivity index (χ1n) is 6.68. The van der Waals surface area contributed by atoms with E-state index in [-0.39, 0.29) is 0 Å². The highest BCUT2D eigenvalue weighted by atomic mass is 14.9. The highest BCUT2D eigenvalue weighted by molar-refractivity contribution is 5.51. The highest BCUT2D eigenvalue weighted by Gasteiger charge is 2.10. The third-order valence-electron chi connectivity index (χ3n) is 3.25. The highest BCUT2D eigenvalue weighted by Crippen LogP contribution is 2.25. The molecule has 0 aliphatic heterocycles. The minimum absolute atomic E-state index is 0.400. The van der Waals surface area contributed by atoms with Gasteiger partial charge in [0.2, 0.25) is 0 Å². The zero-order chi connectivity index (χ0) is 12.8. The fourth-order valence-corrected chi connectivity index (χ4v) is 2.22. The van der Waals surface area contributed by atoms with Crippen LogP contribution < -0.4 is 5.32 Å². The Kier molecular flexibility index (Phi) is 4.40. The largest absolute Gasteiger partial charge is 0.378 e. The Balaban J connectivity index is 2.19. The molecular formula is C17H21N. The van der Waals surface area contributed by atoms with Gasteiger partial charge in [-0.1, -0.05) is 61.9 Å². The van der Waals surface area contributed by atoms with E-state index in [2.05, 4.69) is 73.8 Å². The Labute approximate surface area is 110 Å². The lowest BCUT2D eigenvalue weighted by Crippen LogP contribution is -2.11. The van der Waals surface area contributed by atoms with E-state index in [1.807, 2.05) is 0 Å². The van der Waals surface area contributed by atoms with Crippen molar-refractivity contribution in [1.29, 1.82) is 0 Å². The van der Waals surface area contributed by atoms with Gasteiger partial charge < -0.3 is 5.32 Å². The first-order chi connectivity index (χ1) is 8.81. The van der Waals surface area contributed by atoms with Crippen LogP contribution in [0.15, 0.2) is 54.6 Å². The summed E-state index contributed by atoms with van der Waals surface area (Å²) in [6, 6.07) is 19.6. The van der Waals surface area contributed by atoms with E-state index < -0.39 is 0 Å². The number of nitrogens with one attached hydrogen (secondary N) is 1. The molecule has 94 valence electrons. The summed E-state index contributed by atoms with van der Waals surface area (Å²) in [5.41, 5.74) is 3.90. The zero-order valence-corrected chi connectivity index (χ0v) is 11.2. The minimum atomic E-state index is 0.400. The summed E-state index contributed by atoms with van der Waals surface area (Å²) in [6.07, 6.45) is 2.33. The maximum absolute atomic E-state index is 3.66. The van der Waals surface area contributed by atoms with Crippen molar-refractivity contribution in [2.75, 3.05) is 5.32 Å². The van der Waals surface area contributed by atoms with E-state index in [1.54, 1.807) is 0 Å². The second-order valence-electron chi connectivity index (χ2n) is 4.71. The van der Waals surface area contributed by atoms with E-state index >= 15 is 0 Å². The van der Waals surface area contributed by atoms with Crippen LogP contribution in [0.2, 0.25) is 0 Å². The summed E-state index contributed by atoms with van der Waals surface area (Å²) in [4.78, 5) is 0. The van der Waals surface area contributed by atoms with Crippen molar-refractivity contribution < 1.29 is 0 Å². The Morgan fingerprint density at radius 2 is 1.61 bits per heavy atom. The Hall–Kier alpha value is -1.76. The molecule has 1 atom stereocenters. The molecular weight excluding hydrogens is 218 g/mol. The average molecular weight is 239 g/mol. The Bertz CT molecular complexity index is 476. The van der Waals surface area contributed by atoms with Crippen molar-refractivity contribution in [2.45, 2.75) is 32.7 Å². The van der Waals surface area contributed by atoms with Crippen LogP contribution in [0.25, 0.3) is 0 Å². The molecule has 2 aromatic rings. The van der Waals surface area contributed by atoms with E-state index in [1.165, 1.54) is 23.2 Å². The smallest absolute Gasteiger partial charge is 0.0513 e. The summed E-state index contributed by atoms with van der Waals surface area (Å²) in [6.45, 7) is 4.38. The van der Waals surface area contributed by atoms with Crippen LogP contribution in [0, 0.1) is 6.92 Å². The molecule has 0 aromatic heterocycles. The third kappa shape index (κ3) is 3.13. The zero-order valence-electron chi connectivity index (χ0n) is 11.2. The van der Waals surface area contributed by atoms with Gasteiger partial charge in [0.05, 0.1) is 6.04 Å².